The standard InChI is InChI=1S/C21H21N3OS2/c1-21(2,3)16-11-9-14(10-12-16)17-13-27-20(22-17)24-19(26)23-18(25)15-7-5-4-6-8-15/h4-13H,1-3H3,(H2,22,23,24,25,26). The molecule has 3 aromatic rings. The highest BCUT2D eigenvalue weighted by Crippen LogP contribution is 2.28. The first-order chi connectivity index (χ1) is 12.8. The van der Waals surface area contributed by atoms with Gasteiger partial charge >= 0.3 is 0 Å². The van der Waals surface area contributed by atoms with Gasteiger partial charge in [-0.15, -0.1) is 11.3 Å². The van der Waals surface area contributed by atoms with Gasteiger partial charge < -0.3 is 5.32 Å². The summed E-state index contributed by atoms with van der Waals surface area (Å²) in [5.74, 6) is -0.248. The van der Waals surface area contributed by atoms with Gasteiger partial charge in [0, 0.05) is 16.5 Å². The summed E-state index contributed by atoms with van der Waals surface area (Å²) in [6, 6.07) is 17.4. The number of thiazole rings is 1. The van der Waals surface area contributed by atoms with Crippen LogP contribution in [0.4, 0.5) is 5.13 Å². The quantitative estimate of drug-likeness (QED) is 0.596. The van der Waals surface area contributed by atoms with E-state index in [2.05, 4.69) is 60.7 Å². The SMILES string of the molecule is CC(C)(C)c1ccc(-c2csc(NC(=S)NC(=O)c3ccccc3)n2)cc1. The zero-order valence-electron chi connectivity index (χ0n) is 15.4. The maximum absolute atomic E-state index is 12.1. The van der Waals surface area contributed by atoms with Crippen molar-refractivity contribution < 1.29 is 4.79 Å². The highest BCUT2D eigenvalue weighted by atomic mass is 32.1. The van der Waals surface area contributed by atoms with Crippen molar-refractivity contribution in [2.24, 2.45) is 0 Å². The molecule has 27 heavy (non-hydrogen) atoms. The zero-order valence-corrected chi connectivity index (χ0v) is 17.1. The molecule has 0 aliphatic rings. The summed E-state index contributed by atoms with van der Waals surface area (Å²) < 4.78 is 0. The van der Waals surface area contributed by atoms with Crippen LogP contribution in [0.2, 0.25) is 0 Å². The molecule has 0 spiro atoms. The molecule has 1 aromatic heterocycles. The van der Waals surface area contributed by atoms with E-state index in [1.807, 2.05) is 23.6 Å². The van der Waals surface area contributed by atoms with Gasteiger partial charge in [-0.3, -0.25) is 10.1 Å². The molecule has 0 radical (unpaired) electrons. The monoisotopic (exact) mass is 395 g/mol. The lowest BCUT2D eigenvalue weighted by Gasteiger charge is -2.18. The Balaban J connectivity index is 1.64. The number of benzene rings is 2. The van der Waals surface area contributed by atoms with Gasteiger partial charge in [-0.25, -0.2) is 4.98 Å². The van der Waals surface area contributed by atoms with Crippen LogP contribution in [0.1, 0.15) is 36.7 Å². The number of nitrogens with one attached hydrogen (secondary N) is 2. The van der Waals surface area contributed by atoms with Crippen LogP contribution >= 0.6 is 23.6 Å². The summed E-state index contributed by atoms with van der Waals surface area (Å²) in [6.07, 6.45) is 0. The number of aromatic nitrogens is 1. The van der Waals surface area contributed by atoms with Gasteiger partial charge in [-0.2, -0.15) is 0 Å². The van der Waals surface area contributed by atoms with Gasteiger partial charge in [0.2, 0.25) is 0 Å². The summed E-state index contributed by atoms with van der Waals surface area (Å²) in [4.78, 5) is 16.7. The minimum absolute atomic E-state index is 0.121. The molecule has 0 saturated heterocycles. The lowest BCUT2D eigenvalue weighted by atomic mass is 9.86. The Bertz CT molecular complexity index is 942. The molecule has 0 atom stereocenters. The highest BCUT2D eigenvalue weighted by Gasteiger charge is 2.14. The van der Waals surface area contributed by atoms with E-state index in [0.29, 0.717) is 10.7 Å². The minimum atomic E-state index is -0.248. The Hall–Kier alpha value is -2.57. The van der Waals surface area contributed by atoms with Crippen LogP contribution in [0.15, 0.2) is 60.0 Å². The lowest BCUT2D eigenvalue weighted by molar-refractivity contribution is 0.0977. The molecule has 0 fully saturated rings. The number of carbonyl (C=O) groups is 1. The number of carbonyl (C=O) groups excluding carboxylic acids is 1. The van der Waals surface area contributed by atoms with E-state index in [9.17, 15) is 4.79 Å². The first-order valence-electron chi connectivity index (χ1n) is 8.57. The molecule has 6 heteroatoms. The Morgan fingerprint density at radius 1 is 1.04 bits per heavy atom. The van der Waals surface area contributed by atoms with Crippen LogP contribution in [0.5, 0.6) is 0 Å². The van der Waals surface area contributed by atoms with Crippen LogP contribution in [-0.4, -0.2) is 16.0 Å². The van der Waals surface area contributed by atoms with E-state index in [4.69, 9.17) is 12.2 Å². The van der Waals surface area contributed by atoms with Crippen molar-refractivity contribution in [3.63, 3.8) is 0 Å². The third-order valence-electron chi connectivity index (χ3n) is 4.03. The predicted molar refractivity (Wildman–Crippen MR) is 116 cm³/mol. The van der Waals surface area contributed by atoms with Crippen LogP contribution in [0, 0.1) is 0 Å². The molecular formula is C21H21N3OS2. The summed E-state index contributed by atoms with van der Waals surface area (Å²) in [7, 11) is 0. The van der Waals surface area contributed by atoms with Gasteiger partial charge in [0.1, 0.15) is 0 Å². The van der Waals surface area contributed by atoms with Crippen molar-refractivity contribution in [2.45, 2.75) is 26.2 Å². The largest absolute Gasteiger partial charge is 0.308 e. The predicted octanol–water partition coefficient (Wildman–Crippen LogP) is 5.23. The molecule has 2 aromatic carbocycles. The third kappa shape index (κ3) is 4.99. The molecular weight excluding hydrogens is 374 g/mol. The second-order valence-electron chi connectivity index (χ2n) is 7.14. The molecule has 4 nitrogen and oxygen atoms in total. The average Bonchev–Trinajstić information content (AvgIpc) is 3.10. The summed E-state index contributed by atoms with van der Waals surface area (Å²) >= 11 is 6.66. The molecule has 0 bridgehead atoms. The van der Waals surface area contributed by atoms with Crippen LogP contribution < -0.4 is 10.6 Å². The number of rotatable bonds is 3. The van der Waals surface area contributed by atoms with E-state index in [1.54, 1.807) is 12.1 Å². The maximum Gasteiger partial charge on any atom is 0.257 e. The number of nitrogens with zero attached hydrogens (tertiary/aromatic N) is 1. The number of amides is 1. The van der Waals surface area contributed by atoms with E-state index in [0.717, 1.165) is 11.3 Å². The van der Waals surface area contributed by atoms with Crippen molar-refractivity contribution in [1.29, 1.82) is 0 Å². The molecule has 1 amide bonds. The fourth-order valence-electron chi connectivity index (χ4n) is 2.50. The summed E-state index contributed by atoms with van der Waals surface area (Å²) in [5, 5.41) is 8.48. The van der Waals surface area contributed by atoms with Crippen LogP contribution in [0.25, 0.3) is 11.3 Å². The van der Waals surface area contributed by atoms with Crippen molar-refractivity contribution >= 4 is 39.7 Å². The fourth-order valence-corrected chi connectivity index (χ4v) is 3.48. The number of hydrogen-bond acceptors (Lipinski definition) is 4. The fraction of sp³-hybridized carbons (Fsp3) is 0.190. The zero-order chi connectivity index (χ0) is 19.4. The van der Waals surface area contributed by atoms with Gasteiger partial charge in [0.05, 0.1) is 5.69 Å². The van der Waals surface area contributed by atoms with Crippen molar-refractivity contribution in [3.05, 3.63) is 71.1 Å². The molecule has 3 rings (SSSR count). The van der Waals surface area contributed by atoms with E-state index < -0.39 is 0 Å². The van der Waals surface area contributed by atoms with Crippen LogP contribution in [0.3, 0.4) is 0 Å². The molecule has 0 aliphatic carbocycles. The lowest BCUT2D eigenvalue weighted by Crippen LogP contribution is -2.34. The molecule has 0 saturated carbocycles. The summed E-state index contributed by atoms with van der Waals surface area (Å²) in [5.41, 5.74) is 3.88. The Morgan fingerprint density at radius 3 is 2.33 bits per heavy atom. The Labute approximate surface area is 168 Å². The normalized spacial score (nSPS) is 11.1. The number of anilines is 1. The van der Waals surface area contributed by atoms with Crippen LogP contribution in [-0.2, 0) is 5.41 Å². The number of thiocarbonyl (C=S) groups is 1. The Kier molecular flexibility index (Phi) is 5.68. The van der Waals surface area contributed by atoms with Crippen molar-refractivity contribution in [3.8, 4) is 11.3 Å². The van der Waals surface area contributed by atoms with Crippen molar-refractivity contribution in [1.82, 2.24) is 10.3 Å². The van der Waals surface area contributed by atoms with E-state index >= 15 is 0 Å². The summed E-state index contributed by atoms with van der Waals surface area (Å²) in [6.45, 7) is 6.58. The van der Waals surface area contributed by atoms with Gasteiger partial charge in [-0.1, -0.05) is 63.2 Å². The smallest absolute Gasteiger partial charge is 0.257 e. The van der Waals surface area contributed by atoms with E-state index in [1.165, 1.54) is 16.9 Å². The second kappa shape index (κ2) is 7.98. The third-order valence-corrected chi connectivity index (χ3v) is 5.00. The van der Waals surface area contributed by atoms with Gasteiger partial charge in [0.15, 0.2) is 10.2 Å². The molecule has 1 heterocycles. The average molecular weight is 396 g/mol. The maximum atomic E-state index is 12.1. The van der Waals surface area contributed by atoms with Gasteiger partial charge in [0.25, 0.3) is 5.91 Å². The highest BCUT2D eigenvalue weighted by molar-refractivity contribution is 7.80. The number of hydrogen-bond donors (Lipinski definition) is 2. The van der Waals surface area contributed by atoms with Crippen molar-refractivity contribution in [2.75, 3.05) is 5.32 Å². The molecule has 0 aliphatic heterocycles. The van der Waals surface area contributed by atoms with E-state index in [-0.39, 0.29) is 16.4 Å². The molecule has 2 N–H and O–H groups in total. The molecule has 0 unspecified atom stereocenters. The second-order valence-corrected chi connectivity index (χ2v) is 8.41. The minimum Gasteiger partial charge on any atom is -0.308 e. The van der Waals surface area contributed by atoms with Gasteiger partial charge in [-0.05, 0) is 35.3 Å². The first kappa shape index (κ1) is 19.2. The topological polar surface area (TPSA) is 54.0 Å². The molecule has 138 valence electrons. The first-order valence-corrected chi connectivity index (χ1v) is 9.85. The Morgan fingerprint density at radius 2 is 1.70 bits per heavy atom.